The van der Waals surface area contributed by atoms with Crippen molar-refractivity contribution in [2.45, 2.75) is 6.17 Å². The minimum Gasteiger partial charge on any atom is -0.403 e. The molecule has 1 amide bonds. The maximum absolute atomic E-state index is 13.0. The van der Waals surface area contributed by atoms with Gasteiger partial charge in [-0.15, -0.1) is 5.10 Å². The molecule has 2 aromatic carbocycles. The molecule has 1 unspecified atom stereocenters. The van der Waals surface area contributed by atoms with Crippen LogP contribution in [0.4, 0.5) is 17.5 Å². The van der Waals surface area contributed by atoms with E-state index in [1.54, 1.807) is 25.4 Å². The molecule has 0 fully saturated rings. The maximum atomic E-state index is 13.0. The van der Waals surface area contributed by atoms with E-state index in [4.69, 9.17) is 9.41 Å². The van der Waals surface area contributed by atoms with Crippen molar-refractivity contribution >= 4 is 42.2 Å². The van der Waals surface area contributed by atoms with E-state index >= 15 is 0 Å². The second-order valence-electron chi connectivity index (χ2n) is 7.60. The van der Waals surface area contributed by atoms with Gasteiger partial charge in [0.25, 0.3) is 11.8 Å². The van der Waals surface area contributed by atoms with Gasteiger partial charge in [0.2, 0.25) is 6.17 Å². The molecule has 1 atom stereocenters. The lowest BCUT2D eigenvalue weighted by atomic mass is 10.0. The summed E-state index contributed by atoms with van der Waals surface area (Å²) in [5, 5.41) is 19.2. The maximum Gasteiger partial charge on any atom is 0.317 e. The van der Waals surface area contributed by atoms with Crippen LogP contribution in [-0.2, 0) is 4.79 Å². The Kier molecular flexibility index (Phi) is 6.26. The zero-order chi connectivity index (χ0) is 24.9. The van der Waals surface area contributed by atoms with Gasteiger partial charge in [0.1, 0.15) is 6.34 Å². The molecule has 0 aliphatic carbocycles. The highest BCUT2D eigenvalue weighted by Crippen LogP contribution is 2.26. The van der Waals surface area contributed by atoms with Gasteiger partial charge in [-0.2, -0.15) is 5.10 Å². The highest BCUT2D eigenvalue weighted by molar-refractivity contribution is 6.19. The number of pyridine rings is 1. The van der Waals surface area contributed by atoms with Gasteiger partial charge in [-0.25, -0.2) is 15.0 Å². The number of benzene rings is 2. The van der Waals surface area contributed by atoms with E-state index in [1.807, 2.05) is 54.6 Å². The fourth-order valence-corrected chi connectivity index (χ4v) is 3.62. The summed E-state index contributed by atoms with van der Waals surface area (Å²) in [6.07, 6.45) is 2.06. The molecule has 11 nitrogen and oxygen atoms in total. The minimum atomic E-state index is -0.998. The van der Waals surface area contributed by atoms with Crippen LogP contribution in [0.2, 0.25) is 0 Å². The van der Waals surface area contributed by atoms with Crippen molar-refractivity contribution in [1.82, 2.24) is 15.2 Å². The number of benzodiazepines with no additional fused rings is 1. The molecule has 2 aromatic heterocycles. The Balaban J connectivity index is 1.41. The van der Waals surface area contributed by atoms with Gasteiger partial charge in [-0.1, -0.05) is 53.6 Å². The highest BCUT2D eigenvalue weighted by Gasteiger charge is 2.27. The average molecular weight is 480 g/mol. The lowest BCUT2D eigenvalue weighted by Crippen LogP contribution is -2.32. The number of fused-ring (bicyclic) bond motifs is 1. The minimum absolute atomic E-state index is 0.0452. The molecule has 0 saturated carbocycles. The van der Waals surface area contributed by atoms with E-state index in [0.717, 1.165) is 11.1 Å². The van der Waals surface area contributed by atoms with Crippen LogP contribution in [0.25, 0.3) is 11.5 Å². The number of nitrogens with zero attached hydrogens (tertiary/aromatic N) is 7. The number of amides is 1. The topological polar surface area (TPSA) is 133 Å². The monoisotopic (exact) mass is 479 g/mol. The standard InChI is InChI=1S/C25H21N9O2/c1-26-15-34(27-2)20-13-12-17(14-28-20)24-32-33-25(36-24)31-22-23(35)29-19-11-7-6-10-18(19)21(30-22)16-8-4-3-5-9-16/h3-15,22H,2H2,1H3,(H,29,35)(H,31,33). The number of rotatable bonds is 7. The van der Waals surface area contributed by atoms with Crippen molar-refractivity contribution < 1.29 is 9.21 Å². The van der Waals surface area contributed by atoms with Crippen molar-refractivity contribution in [3.63, 3.8) is 0 Å². The third-order valence-electron chi connectivity index (χ3n) is 5.29. The average Bonchev–Trinajstić information content (AvgIpc) is 3.34. The van der Waals surface area contributed by atoms with E-state index in [0.29, 0.717) is 22.8 Å². The first-order valence-corrected chi connectivity index (χ1v) is 10.9. The van der Waals surface area contributed by atoms with Crippen LogP contribution in [-0.4, -0.2) is 53.1 Å². The fourth-order valence-electron chi connectivity index (χ4n) is 3.62. The molecular formula is C25H21N9O2. The summed E-state index contributed by atoms with van der Waals surface area (Å²) in [5.74, 6) is 0.395. The van der Waals surface area contributed by atoms with Crippen molar-refractivity contribution in [3.8, 4) is 11.5 Å². The summed E-state index contributed by atoms with van der Waals surface area (Å²) in [6.45, 7) is 3.50. The molecule has 0 radical (unpaired) electrons. The Hall–Kier alpha value is -5.19. The predicted octanol–water partition coefficient (Wildman–Crippen LogP) is 3.44. The van der Waals surface area contributed by atoms with Gasteiger partial charge in [0.05, 0.1) is 17.0 Å². The van der Waals surface area contributed by atoms with Crippen LogP contribution in [0.3, 0.4) is 0 Å². The van der Waals surface area contributed by atoms with Crippen molar-refractivity contribution in [1.29, 1.82) is 0 Å². The number of hydrogen-bond acceptors (Lipinski definition) is 9. The molecule has 4 aromatic rings. The van der Waals surface area contributed by atoms with Crippen LogP contribution >= 0.6 is 0 Å². The van der Waals surface area contributed by atoms with Crippen LogP contribution in [0.15, 0.2) is 92.4 Å². The quantitative estimate of drug-likeness (QED) is 0.236. The number of anilines is 3. The number of nitrogens with one attached hydrogen (secondary N) is 2. The number of aliphatic imine (C=N–C) groups is 2. The normalized spacial score (nSPS) is 15.0. The van der Waals surface area contributed by atoms with E-state index in [2.05, 4.69) is 42.6 Å². The molecule has 0 bridgehead atoms. The van der Waals surface area contributed by atoms with Gasteiger partial charge < -0.3 is 15.1 Å². The summed E-state index contributed by atoms with van der Waals surface area (Å²) in [7, 11) is 1.62. The van der Waals surface area contributed by atoms with Gasteiger partial charge in [0.15, 0.2) is 5.82 Å². The van der Waals surface area contributed by atoms with Crippen molar-refractivity contribution in [2.75, 3.05) is 22.7 Å². The molecule has 11 heteroatoms. The van der Waals surface area contributed by atoms with Gasteiger partial charge in [0, 0.05) is 31.1 Å². The predicted molar refractivity (Wildman–Crippen MR) is 139 cm³/mol. The molecule has 0 saturated heterocycles. The first kappa shape index (κ1) is 22.6. The first-order chi connectivity index (χ1) is 17.7. The summed E-state index contributed by atoms with van der Waals surface area (Å²) in [4.78, 5) is 26.0. The van der Waals surface area contributed by atoms with Crippen LogP contribution in [0, 0.1) is 0 Å². The number of hydrazone groups is 1. The Morgan fingerprint density at radius 1 is 1.06 bits per heavy atom. The summed E-state index contributed by atoms with van der Waals surface area (Å²) < 4.78 is 5.76. The lowest BCUT2D eigenvalue weighted by Gasteiger charge is -2.11. The Labute approximate surface area is 206 Å². The molecule has 2 N–H and O–H groups in total. The molecule has 178 valence electrons. The summed E-state index contributed by atoms with van der Waals surface area (Å²) in [5.41, 5.74) is 3.61. The van der Waals surface area contributed by atoms with E-state index in [-0.39, 0.29) is 17.8 Å². The smallest absolute Gasteiger partial charge is 0.317 e. The van der Waals surface area contributed by atoms with Crippen molar-refractivity contribution in [3.05, 3.63) is 84.1 Å². The zero-order valence-corrected chi connectivity index (χ0v) is 19.2. The van der Waals surface area contributed by atoms with E-state index < -0.39 is 6.17 Å². The van der Waals surface area contributed by atoms with E-state index in [1.165, 1.54) is 11.3 Å². The largest absolute Gasteiger partial charge is 0.403 e. The Bertz CT molecular complexity index is 1450. The second kappa shape index (κ2) is 9.97. The van der Waals surface area contributed by atoms with Gasteiger partial charge in [-0.3, -0.25) is 9.79 Å². The number of carbonyl (C=O) groups is 1. The third kappa shape index (κ3) is 4.57. The zero-order valence-electron chi connectivity index (χ0n) is 19.2. The van der Waals surface area contributed by atoms with Crippen LogP contribution < -0.4 is 15.6 Å². The van der Waals surface area contributed by atoms with Crippen LogP contribution in [0.1, 0.15) is 11.1 Å². The van der Waals surface area contributed by atoms with Gasteiger partial charge >= 0.3 is 6.01 Å². The highest BCUT2D eigenvalue weighted by atomic mass is 16.4. The number of para-hydroxylation sites is 1. The SMILES string of the molecule is C=NN(C=NC)c1ccc(-c2nnc(NC3N=C(c4ccccc4)c4ccccc4NC3=O)o2)cn1. The second-order valence-corrected chi connectivity index (χ2v) is 7.60. The molecule has 5 rings (SSSR count). The van der Waals surface area contributed by atoms with Crippen LogP contribution in [0.5, 0.6) is 0 Å². The Morgan fingerprint density at radius 3 is 2.61 bits per heavy atom. The number of hydrogen-bond donors (Lipinski definition) is 2. The number of carbonyl (C=O) groups excluding carboxylic acids is 1. The van der Waals surface area contributed by atoms with Gasteiger partial charge in [-0.05, 0) is 18.2 Å². The molecule has 36 heavy (non-hydrogen) atoms. The molecule has 1 aliphatic heterocycles. The summed E-state index contributed by atoms with van der Waals surface area (Å²) >= 11 is 0. The van der Waals surface area contributed by atoms with E-state index in [9.17, 15) is 4.79 Å². The lowest BCUT2D eigenvalue weighted by molar-refractivity contribution is -0.116. The molecule has 3 heterocycles. The molecule has 0 spiro atoms. The van der Waals surface area contributed by atoms with Crippen molar-refractivity contribution in [2.24, 2.45) is 15.1 Å². The molecular weight excluding hydrogens is 458 g/mol. The Morgan fingerprint density at radius 2 is 1.86 bits per heavy atom. The molecule has 1 aliphatic rings. The third-order valence-corrected chi connectivity index (χ3v) is 5.29. The fraction of sp³-hybridized carbons (Fsp3) is 0.0800. The first-order valence-electron chi connectivity index (χ1n) is 10.9. The number of aromatic nitrogens is 3. The summed E-state index contributed by atoms with van der Waals surface area (Å²) in [6, 6.07) is 20.7.